The second-order valence-corrected chi connectivity index (χ2v) is 5.44. The van der Waals surface area contributed by atoms with E-state index in [0.717, 1.165) is 5.56 Å². The standard InChI is InChI=1S/C15H22N2O2/c1-11(9-16)19-14-12(10-17-15(2,3)4)7-6-8-13(14)18-5/h6-8,11,17H,10H2,1-5H3. The maximum Gasteiger partial charge on any atom is 0.181 e. The fraction of sp³-hybridized carbons (Fsp3) is 0.533. The van der Waals surface area contributed by atoms with Crippen LogP contribution in [0.25, 0.3) is 0 Å². The molecule has 1 aromatic rings. The Kier molecular flexibility index (Phi) is 5.20. The number of rotatable bonds is 5. The summed E-state index contributed by atoms with van der Waals surface area (Å²) in [7, 11) is 1.60. The fourth-order valence-corrected chi connectivity index (χ4v) is 1.56. The van der Waals surface area contributed by atoms with E-state index in [2.05, 4.69) is 32.2 Å². The van der Waals surface area contributed by atoms with Crippen molar-refractivity contribution in [2.24, 2.45) is 0 Å². The van der Waals surface area contributed by atoms with E-state index in [9.17, 15) is 0 Å². The molecule has 19 heavy (non-hydrogen) atoms. The third kappa shape index (κ3) is 4.80. The minimum atomic E-state index is -0.510. The summed E-state index contributed by atoms with van der Waals surface area (Å²) in [6, 6.07) is 7.79. The van der Waals surface area contributed by atoms with Crippen molar-refractivity contribution in [1.82, 2.24) is 5.32 Å². The largest absolute Gasteiger partial charge is 0.493 e. The molecule has 0 amide bonds. The number of hydrogen-bond acceptors (Lipinski definition) is 4. The van der Waals surface area contributed by atoms with E-state index < -0.39 is 6.10 Å². The third-order valence-electron chi connectivity index (χ3n) is 2.57. The molecular weight excluding hydrogens is 240 g/mol. The van der Waals surface area contributed by atoms with Crippen molar-refractivity contribution in [3.05, 3.63) is 23.8 Å². The first-order chi connectivity index (χ1) is 8.87. The molecule has 1 rings (SSSR count). The average molecular weight is 262 g/mol. The molecule has 0 saturated heterocycles. The van der Waals surface area contributed by atoms with Gasteiger partial charge in [0.2, 0.25) is 0 Å². The Bertz CT molecular complexity index is 458. The Labute approximate surface area is 115 Å². The first-order valence-electron chi connectivity index (χ1n) is 6.34. The highest BCUT2D eigenvalue weighted by Gasteiger charge is 2.16. The van der Waals surface area contributed by atoms with Crippen molar-refractivity contribution < 1.29 is 9.47 Å². The molecule has 0 aliphatic rings. The van der Waals surface area contributed by atoms with Crippen LogP contribution in [-0.4, -0.2) is 18.8 Å². The van der Waals surface area contributed by atoms with Crippen LogP contribution in [0.3, 0.4) is 0 Å². The van der Waals surface area contributed by atoms with E-state index in [1.165, 1.54) is 0 Å². The summed E-state index contributed by atoms with van der Waals surface area (Å²) >= 11 is 0. The van der Waals surface area contributed by atoms with E-state index in [-0.39, 0.29) is 5.54 Å². The van der Waals surface area contributed by atoms with Gasteiger partial charge in [-0.3, -0.25) is 0 Å². The van der Waals surface area contributed by atoms with Gasteiger partial charge in [0.05, 0.1) is 7.11 Å². The SMILES string of the molecule is COc1cccc(CNC(C)(C)C)c1OC(C)C#N. The fourth-order valence-electron chi connectivity index (χ4n) is 1.56. The molecule has 1 unspecified atom stereocenters. The quantitative estimate of drug-likeness (QED) is 0.886. The van der Waals surface area contributed by atoms with Gasteiger partial charge in [-0.15, -0.1) is 0 Å². The summed E-state index contributed by atoms with van der Waals surface area (Å²) in [5, 5.41) is 12.3. The lowest BCUT2D eigenvalue weighted by Crippen LogP contribution is -2.35. The normalized spacial score (nSPS) is 12.6. The lowest BCUT2D eigenvalue weighted by molar-refractivity contribution is 0.255. The van der Waals surface area contributed by atoms with Crippen molar-refractivity contribution in [2.45, 2.75) is 45.9 Å². The molecule has 0 heterocycles. The van der Waals surface area contributed by atoms with E-state index in [4.69, 9.17) is 14.7 Å². The molecule has 104 valence electrons. The number of hydrogen-bond donors (Lipinski definition) is 1. The summed E-state index contributed by atoms with van der Waals surface area (Å²) in [4.78, 5) is 0. The van der Waals surface area contributed by atoms with Crippen LogP contribution < -0.4 is 14.8 Å². The van der Waals surface area contributed by atoms with Crippen molar-refractivity contribution in [3.8, 4) is 17.6 Å². The molecule has 0 radical (unpaired) electrons. The number of ether oxygens (including phenoxy) is 2. The second-order valence-electron chi connectivity index (χ2n) is 5.44. The first kappa shape index (κ1) is 15.3. The van der Waals surface area contributed by atoms with E-state index >= 15 is 0 Å². The number of para-hydroxylation sites is 1. The van der Waals surface area contributed by atoms with Gasteiger partial charge in [0.15, 0.2) is 17.6 Å². The van der Waals surface area contributed by atoms with Gasteiger partial charge in [-0.05, 0) is 33.8 Å². The average Bonchev–Trinajstić information content (AvgIpc) is 2.36. The topological polar surface area (TPSA) is 54.3 Å². The van der Waals surface area contributed by atoms with Gasteiger partial charge in [0, 0.05) is 17.6 Å². The minimum absolute atomic E-state index is 0.0151. The molecule has 4 nitrogen and oxygen atoms in total. The van der Waals surface area contributed by atoms with Crippen molar-refractivity contribution in [2.75, 3.05) is 7.11 Å². The Morgan fingerprint density at radius 2 is 2.05 bits per heavy atom. The van der Waals surface area contributed by atoms with Gasteiger partial charge >= 0.3 is 0 Å². The van der Waals surface area contributed by atoms with Crippen LogP contribution in [0.2, 0.25) is 0 Å². The number of nitrogens with zero attached hydrogens (tertiary/aromatic N) is 1. The molecule has 4 heteroatoms. The lowest BCUT2D eigenvalue weighted by atomic mass is 10.1. The Morgan fingerprint density at radius 1 is 1.37 bits per heavy atom. The van der Waals surface area contributed by atoms with Gasteiger partial charge in [0.25, 0.3) is 0 Å². The molecule has 0 aliphatic carbocycles. The van der Waals surface area contributed by atoms with Gasteiger partial charge in [-0.25, -0.2) is 0 Å². The summed E-state index contributed by atoms with van der Waals surface area (Å²) in [5.74, 6) is 1.28. The van der Waals surface area contributed by atoms with Crippen LogP contribution in [0, 0.1) is 11.3 Å². The lowest BCUT2D eigenvalue weighted by Gasteiger charge is -2.22. The van der Waals surface area contributed by atoms with E-state index in [0.29, 0.717) is 18.0 Å². The van der Waals surface area contributed by atoms with Crippen LogP contribution in [0.1, 0.15) is 33.3 Å². The highest BCUT2D eigenvalue weighted by Crippen LogP contribution is 2.32. The predicted octanol–water partition coefficient (Wildman–Crippen LogP) is 2.87. The number of benzene rings is 1. The Hall–Kier alpha value is -1.73. The molecule has 0 bridgehead atoms. The highest BCUT2D eigenvalue weighted by atomic mass is 16.5. The molecule has 0 spiro atoms. The second kappa shape index (κ2) is 6.44. The number of methoxy groups -OCH3 is 1. The summed E-state index contributed by atoms with van der Waals surface area (Å²) in [6.45, 7) is 8.68. The predicted molar refractivity (Wildman–Crippen MR) is 75.3 cm³/mol. The van der Waals surface area contributed by atoms with E-state index in [1.807, 2.05) is 18.2 Å². The highest BCUT2D eigenvalue weighted by molar-refractivity contribution is 5.47. The molecule has 1 atom stereocenters. The van der Waals surface area contributed by atoms with Crippen LogP contribution in [0.5, 0.6) is 11.5 Å². The molecule has 1 aromatic carbocycles. The summed E-state index contributed by atoms with van der Waals surface area (Å²) < 4.78 is 11.0. The molecule has 1 N–H and O–H groups in total. The van der Waals surface area contributed by atoms with Gasteiger partial charge in [-0.2, -0.15) is 5.26 Å². The van der Waals surface area contributed by atoms with Crippen LogP contribution in [-0.2, 0) is 6.54 Å². The van der Waals surface area contributed by atoms with Crippen molar-refractivity contribution >= 4 is 0 Å². The minimum Gasteiger partial charge on any atom is -0.493 e. The van der Waals surface area contributed by atoms with Crippen LogP contribution in [0.4, 0.5) is 0 Å². The summed E-state index contributed by atoms with van der Waals surface area (Å²) in [6.07, 6.45) is -0.510. The Morgan fingerprint density at radius 3 is 2.58 bits per heavy atom. The maximum absolute atomic E-state index is 8.88. The molecule has 0 fully saturated rings. The zero-order valence-electron chi connectivity index (χ0n) is 12.3. The molecule has 0 aliphatic heterocycles. The molecular formula is C15H22N2O2. The third-order valence-corrected chi connectivity index (χ3v) is 2.57. The molecule has 0 saturated carbocycles. The van der Waals surface area contributed by atoms with E-state index in [1.54, 1.807) is 14.0 Å². The maximum atomic E-state index is 8.88. The van der Waals surface area contributed by atoms with Crippen LogP contribution in [0.15, 0.2) is 18.2 Å². The van der Waals surface area contributed by atoms with Gasteiger partial charge in [0.1, 0.15) is 6.07 Å². The smallest absolute Gasteiger partial charge is 0.181 e. The molecule has 0 aromatic heterocycles. The zero-order chi connectivity index (χ0) is 14.5. The number of nitrogens with one attached hydrogen (secondary N) is 1. The summed E-state index contributed by atoms with van der Waals surface area (Å²) in [5.41, 5.74) is 0.998. The van der Waals surface area contributed by atoms with Crippen molar-refractivity contribution in [3.63, 3.8) is 0 Å². The zero-order valence-corrected chi connectivity index (χ0v) is 12.3. The van der Waals surface area contributed by atoms with Gasteiger partial charge in [-0.1, -0.05) is 12.1 Å². The van der Waals surface area contributed by atoms with Gasteiger partial charge < -0.3 is 14.8 Å². The Balaban J connectivity index is 2.99. The first-order valence-corrected chi connectivity index (χ1v) is 6.34. The number of nitriles is 1. The van der Waals surface area contributed by atoms with Crippen molar-refractivity contribution in [1.29, 1.82) is 5.26 Å². The van der Waals surface area contributed by atoms with Crippen LogP contribution >= 0.6 is 0 Å². The monoisotopic (exact) mass is 262 g/mol.